The molecule has 0 radical (unpaired) electrons. The van der Waals surface area contributed by atoms with Gasteiger partial charge in [-0.25, -0.2) is 4.79 Å². The molecule has 3 amide bonds. The van der Waals surface area contributed by atoms with E-state index in [1.807, 2.05) is 13.8 Å². The lowest BCUT2D eigenvalue weighted by atomic mass is 10.0. The number of amides is 3. The Morgan fingerprint density at radius 1 is 1.04 bits per heavy atom. The van der Waals surface area contributed by atoms with E-state index in [1.165, 1.54) is 0 Å². The molecule has 0 saturated carbocycles. The zero-order chi connectivity index (χ0) is 18.0. The predicted molar refractivity (Wildman–Crippen MR) is 80.1 cm³/mol. The number of hydrogen-bond donors (Lipinski definition) is 6. The van der Waals surface area contributed by atoms with Crippen LogP contribution in [0, 0.1) is 5.92 Å². The second-order valence-corrected chi connectivity index (χ2v) is 5.31. The fraction of sp³-hybridized carbons (Fsp3) is 0.692. The number of carbonyl (C=O) groups excluding carboxylic acids is 3. The van der Waals surface area contributed by atoms with Crippen LogP contribution >= 0.6 is 0 Å². The van der Waals surface area contributed by atoms with Gasteiger partial charge in [0.15, 0.2) is 0 Å². The maximum Gasteiger partial charge on any atom is 0.326 e. The summed E-state index contributed by atoms with van der Waals surface area (Å²) in [4.78, 5) is 45.5. The SMILES string of the molecule is CC(C)CC(NC(=O)CNC(=O)C(CO)NC(=O)CN)C(=O)O. The highest BCUT2D eigenvalue weighted by atomic mass is 16.4. The molecule has 0 aromatic carbocycles. The van der Waals surface area contributed by atoms with Gasteiger partial charge in [-0.1, -0.05) is 13.8 Å². The Morgan fingerprint density at radius 2 is 1.61 bits per heavy atom. The number of carbonyl (C=O) groups is 4. The number of nitrogens with two attached hydrogens (primary N) is 1. The van der Waals surface area contributed by atoms with Crippen LogP contribution in [0.2, 0.25) is 0 Å². The second kappa shape index (κ2) is 10.5. The lowest BCUT2D eigenvalue weighted by molar-refractivity contribution is -0.142. The third kappa shape index (κ3) is 8.73. The van der Waals surface area contributed by atoms with Gasteiger partial charge in [0.1, 0.15) is 12.1 Å². The van der Waals surface area contributed by atoms with E-state index in [0.29, 0.717) is 0 Å². The molecule has 0 spiro atoms. The quantitative estimate of drug-likeness (QED) is 0.250. The standard InChI is InChI=1S/C13H24N4O6/c1-7(2)3-8(13(22)23)16-11(20)5-15-12(21)9(6-18)17-10(19)4-14/h7-9,18H,3-6,14H2,1-2H3,(H,15,21)(H,16,20)(H,17,19)(H,22,23). The molecule has 0 aliphatic carbocycles. The van der Waals surface area contributed by atoms with E-state index in [1.54, 1.807) is 0 Å². The first-order valence-electron chi connectivity index (χ1n) is 7.11. The van der Waals surface area contributed by atoms with Gasteiger partial charge in [0, 0.05) is 0 Å². The van der Waals surface area contributed by atoms with E-state index in [2.05, 4.69) is 16.0 Å². The Hall–Kier alpha value is -2.20. The van der Waals surface area contributed by atoms with E-state index in [0.717, 1.165) is 0 Å². The summed E-state index contributed by atoms with van der Waals surface area (Å²) < 4.78 is 0. The first-order chi connectivity index (χ1) is 10.7. The van der Waals surface area contributed by atoms with Crippen molar-refractivity contribution in [3.05, 3.63) is 0 Å². The summed E-state index contributed by atoms with van der Waals surface area (Å²) in [5.41, 5.74) is 5.08. The highest BCUT2D eigenvalue weighted by molar-refractivity contribution is 5.91. The van der Waals surface area contributed by atoms with Crippen LogP contribution in [0.5, 0.6) is 0 Å². The Bertz CT molecular complexity index is 440. The molecule has 0 fully saturated rings. The summed E-state index contributed by atoms with van der Waals surface area (Å²) in [6.45, 7) is 2.14. The Labute approximate surface area is 133 Å². The maximum atomic E-state index is 11.7. The number of aliphatic hydroxyl groups is 1. The Kier molecular flexibility index (Phi) is 9.51. The van der Waals surface area contributed by atoms with Crippen LogP contribution in [-0.4, -0.2) is 65.7 Å². The largest absolute Gasteiger partial charge is 0.480 e. The molecule has 0 aliphatic rings. The van der Waals surface area contributed by atoms with Gasteiger partial charge in [-0.3, -0.25) is 14.4 Å². The van der Waals surface area contributed by atoms with Crippen LogP contribution in [0.3, 0.4) is 0 Å². The first kappa shape index (κ1) is 20.8. The number of nitrogens with one attached hydrogen (secondary N) is 3. The van der Waals surface area contributed by atoms with Gasteiger partial charge in [0.05, 0.1) is 19.7 Å². The topological polar surface area (TPSA) is 171 Å². The number of rotatable bonds is 10. The molecule has 0 aromatic heterocycles. The minimum Gasteiger partial charge on any atom is -0.480 e. The van der Waals surface area contributed by atoms with Gasteiger partial charge < -0.3 is 31.9 Å². The molecule has 0 saturated heterocycles. The molecule has 0 bridgehead atoms. The maximum absolute atomic E-state index is 11.7. The molecule has 10 nitrogen and oxygen atoms in total. The normalized spacial score (nSPS) is 13.1. The fourth-order valence-electron chi connectivity index (χ4n) is 1.68. The summed E-state index contributed by atoms with van der Waals surface area (Å²) in [6, 6.07) is -2.28. The summed E-state index contributed by atoms with van der Waals surface area (Å²) >= 11 is 0. The van der Waals surface area contributed by atoms with Gasteiger partial charge >= 0.3 is 5.97 Å². The van der Waals surface area contributed by atoms with Crippen molar-refractivity contribution in [3.63, 3.8) is 0 Å². The molecule has 10 heteroatoms. The van der Waals surface area contributed by atoms with Gasteiger partial charge in [-0.2, -0.15) is 0 Å². The van der Waals surface area contributed by atoms with E-state index in [9.17, 15) is 19.2 Å². The van der Waals surface area contributed by atoms with Gasteiger partial charge in [-0.05, 0) is 12.3 Å². The average molecular weight is 332 g/mol. The van der Waals surface area contributed by atoms with Crippen molar-refractivity contribution in [2.45, 2.75) is 32.4 Å². The predicted octanol–water partition coefficient (Wildman–Crippen LogP) is -2.85. The summed E-state index contributed by atoms with van der Waals surface area (Å²) in [7, 11) is 0. The highest BCUT2D eigenvalue weighted by Crippen LogP contribution is 2.04. The van der Waals surface area contributed by atoms with E-state index in [-0.39, 0.29) is 18.9 Å². The molecule has 0 heterocycles. The zero-order valence-electron chi connectivity index (χ0n) is 13.2. The van der Waals surface area contributed by atoms with Crippen molar-refractivity contribution >= 4 is 23.7 Å². The van der Waals surface area contributed by atoms with Crippen LogP contribution in [0.1, 0.15) is 20.3 Å². The molecular weight excluding hydrogens is 308 g/mol. The van der Waals surface area contributed by atoms with Gasteiger partial charge in [0.25, 0.3) is 0 Å². The second-order valence-electron chi connectivity index (χ2n) is 5.31. The van der Waals surface area contributed by atoms with Crippen molar-refractivity contribution in [1.29, 1.82) is 0 Å². The molecule has 23 heavy (non-hydrogen) atoms. The Balaban J connectivity index is 4.42. The molecule has 7 N–H and O–H groups in total. The van der Waals surface area contributed by atoms with Crippen molar-refractivity contribution in [2.75, 3.05) is 19.7 Å². The Morgan fingerprint density at radius 3 is 2.04 bits per heavy atom. The van der Waals surface area contributed by atoms with Gasteiger partial charge in [0.2, 0.25) is 17.7 Å². The van der Waals surface area contributed by atoms with E-state index < -0.39 is 48.9 Å². The third-order valence-electron chi connectivity index (χ3n) is 2.78. The fourth-order valence-corrected chi connectivity index (χ4v) is 1.68. The number of carboxylic acids is 1. The molecule has 0 rings (SSSR count). The van der Waals surface area contributed by atoms with Crippen LogP contribution in [0.4, 0.5) is 0 Å². The molecule has 2 atom stereocenters. The zero-order valence-corrected chi connectivity index (χ0v) is 13.2. The van der Waals surface area contributed by atoms with E-state index >= 15 is 0 Å². The molecule has 0 aromatic rings. The van der Waals surface area contributed by atoms with Crippen LogP contribution in [0.15, 0.2) is 0 Å². The molecular formula is C13H24N4O6. The van der Waals surface area contributed by atoms with Crippen molar-refractivity contribution in [1.82, 2.24) is 16.0 Å². The first-order valence-corrected chi connectivity index (χ1v) is 7.11. The monoisotopic (exact) mass is 332 g/mol. The van der Waals surface area contributed by atoms with Crippen LogP contribution < -0.4 is 21.7 Å². The molecule has 2 unspecified atom stereocenters. The third-order valence-corrected chi connectivity index (χ3v) is 2.78. The highest BCUT2D eigenvalue weighted by Gasteiger charge is 2.23. The average Bonchev–Trinajstić information content (AvgIpc) is 2.48. The van der Waals surface area contributed by atoms with Crippen LogP contribution in [0.25, 0.3) is 0 Å². The van der Waals surface area contributed by atoms with Gasteiger partial charge in [-0.15, -0.1) is 0 Å². The summed E-state index contributed by atoms with van der Waals surface area (Å²) in [6.07, 6.45) is 0.251. The number of carboxylic acid groups (broad SMARTS) is 1. The number of hydrogen-bond acceptors (Lipinski definition) is 6. The van der Waals surface area contributed by atoms with Crippen molar-refractivity contribution < 1.29 is 29.4 Å². The minimum absolute atomic E-state index is 0.0660. The summed E-state index contributed by atoms with van der Waals surface area (Å²) in [5, 5.41) is 24.7. The smallest absolute Gasteiger partial charge is 0.326 e. The molecule has 0 aliphatic heterocycles. The number of aliphatic carboxylic acids is 1. The van der Waals surface area contributed by atoms with E-state index in [4.69, 9.17) is 15.9 Å². The summed E-state index contributed by atoms with van der Waals surface area (Å²) in [5.74, 6) is -3.20. The van der Waals surface area contributed by atoms with Crippen molar-refractivity contribution in [3.8, 4) is 0 Å². The number of aliphatic hydroxyl groups excluding tert-OH is 1. The minimum atomic E-state index is -1.23. The molecule has 132 valence electrons. The van der Waals surface area contributed by atoms with Crippen molar-refractivity contribution in [2.24, 2.45) is 11.7 Å². The van der Waals surface area contributed by atoms with Crippen LogP contribution in [-0.2, 0) is 19.2 Å². The lowest BCUT2D eigenvalue weighted by Gasteiger charge is -2.18. The lowest BCUT2D eigenvalue weighted by Crippen LogP contribution is -2.53.